The van der Waals surface area contributed by atoms with Crippen molar-refractivity contribution in [3.05, 3.63) is 271 Å². The van der Waals surface area contributed by atoms with E-state index in [1.165, 1.54) is 97.4 Å². The SMILES string of the molecule is c1ccc(C2(c3ccc4cc(N(c5ccc(-c6cccc7ccccc67)cc5)c5ccc(-c6cccc7c6sc6ccccc67)cc5)ccc4c3)c3ccccc3-c3ccccc32)cc1. The fraction of sp³-hybridized carbons (Fsp3) is 0.0159. The van der Waals surface area contributed by atoms with E-state index in [1.807, 2.05) is 11.3 Å². The van der Waals surface area contributed by atoms with Crippen LogP contribution in [0.3, 0.4) is 0 Å². The monoisotopic (exact) mass is 843 g/mol. The third kappa shape index (κ3) is 5.92. The normalized spacial score (nSPS) is 12.7. The second-order valence-corrected chi connectivity index (χ2v) is 18.2. The molecule has 0 saturated carbocycles. The predicted molar refractivity (Wildman–Crippen MR) is 277 cm³/mol. The predicted octanol–water partition coefficient (Wildman–Crippen LogP) is 17.5. The summed E-state index contributed by atoms with van der Waals surface area (Å²) < 4.78 is 2.65. The van der Waals surface area contributed by atoms with Gasteiger partial charge in [-0.2, -0.15) is 0 Å². The van der Waals surface area contributed by atoms with Crippen LogP contribution in [0.2, 0.25) is 0 Å². The van der Waals surface area contributed by atoms with Crippen molar-refractivity contribution >= 4 is 70.1 Å². The molecule has 1 aliphatic carbocycles. The van der Waals surface area contributed by atoms with E-state index in [1.54, 1.807) is 0 Å². The molecule has 0 fully saturated rings. The van der Waals surface area contributed by atoms with Crippen LogP contribution >= 0.6 is 11.3 Å². The Balaban J connectivity index is 0.942. The van der Waals surface area contributed by atoms with Crippen molar-refractivity contribution < 1.29 is 0 Å². The van der Waals surface area contributed by atoms with Gasteiger partial charge in [-0.25, -0.2) is 0 Å². The molecule has 1 heterocycles. The number of rotatable bonds is 7. The molecule has 0 atom stereocenters. The van der Waals surface area contributed by atoms with Crippen LogP contribution in [-0.4, -0.2) is 0 Å². The molecule has 65 heavy (non-hydrogen) atoms. The lowest BCUT2D eigenvalue weighted by atomic mass is 9.67. The zero-order valence-electron chi connectivity index (χ0n) is 35.5. The molecule has 0 N–H and O–H groups in total. The van der Waals surface area contributed by atoms with Gasteiger partial charge in [0.15, 0.2) is 0 Å². The van der Waals surface area contributed by atoms with Crippen LogP contribution in [0.25, 0.3) is 75.1 Å². The second kappa shape index (κ2) is 15.1. The maximum Gasteiger partial charge on any atom is 0.0713 e. The van der Waals surface area contributed by atoms with Crippen LogP contribution in [0.4, 0.5) is 17.1 Å². The van der Waals surface area contributed by atoms with Crippen LogP contribution < -0.4 is 4.90 Å². The summed E-state index contributed by atoms with van der Waals surface area (Å²) in [4.78, 5) is 2.40. The molecule has 1 nitrogen and oxygen atoms in total. The molecular formula is C63H41NS. The smallest absolute Gasteiger partial charge is 0.0713 e. The second-order valence-electron chi connectivity index (χ2n) is 17.2. The van der Waals surface area contributed by atoms with Gasteiger partial charge in [0.05, 0.1) is 5.41 Å². The van der Waals surface area contributed by atoms with Gasteiger partial charge in [-0.15, -0.1) is 11.3 Å². The van der Waals surface area contributed by atoms with Crippen molar-refractivity contribution in [2.24, 2.45) is 0 Å². The van der Waals surface area contributed by atoms with Crippen LogP contribution in [0.15, 0.2) is 249 Å². The van der Waals surface area contributed by atoms with Gasteiger partial charge in [-0.1, -0.05) is 200 Å². The van der Waals surface area contributed by atoms with E-state index < -0.39 is 5.41 Å². The van der Waals surface area contributed by atoms with E-state index >= 15 is 0 Å². The highest BCUT2D eigenvalue weighted by Gasteiger charge is 2.45. The summed E-state index contributed by atoms with van der Waals surface area (Å²) in [5.74, 6) is 0. The number of nitrogens with zero attached hydrogens (tertiary/aromatic N) is 1. The van der Waals surface area contributed by atoms with E-state index in [-0.39, 0.29) is 0 Å². The molecule has 1 aromatic heterocycles. The van der Waals surface area contributed by atoms with Crippen molar-refractivity contribution in [3.8, 4) is 33.4 Å². The molecule has 0 saturated heterocycles. The third-order valence-corrected chi connectivity index (χ3v) is 15.0. The first-order valence-corrected chi connectivity index (χ1v) is 23.2. The molecule has 13 rings (SSSR count). The Morgan fingerprint density at radius 2 is 0.831 bits per heavy atom. The third-order valence-electron chi connectivity index (χ3n) is 13.7. The molecule has 0 unspecified atom stereocenters. The topological polar surface area (TPSA) is 3.24 Å². The van der Waals surface area contributed by atoms with E-state index in [9.17, 15) is 0 Å². The molecule has 2 heteroatoms. The molecule has 12 aromatic rings. The average molecular weight is 844 g/mol. The van der Waals surface area contributed by atoms with Gasteiger partial charge in [0.2, 0.25) is 0 Å². The molecule has 0 aliphatic heterocycles. The Kier molecular flexibility index (Phi) is 8.69. The highest BCUT2D eigenvalue weighted by atomic mass is 32.1. The Morgan fingerprint density at radius 1 is 0.308 bits per heavy atom. The minimum Gasteiger partial charge on any atom is -0.310 e. The van der Waals surface area contributed by atoms with Gasteiger partial charge in [0.25, 0.3) is 0 Å². The zero-order valence-corrected chi connectivity index (χ0v) is 36.3. The standard InChI is InChI=1S/C63H41NS/c1-2-16-47(17-3-1)63(59-25-9-6-19-55(59)56-20-7-10-26-60(56)63)48-34-28-46-41-51(39-33-45(46)40-48)64(49-35-29-43(30-36-49)53-22-12-15-42-14-4-5-18-52(42)53)50-37-31-44(32-38-50)54-23-13-24-58-57-21-8-11-27-61(57)65-62(54)58/h1-41H. The number of hydrogen-bond donors (Lipinski definition) is 0. The Bertz CT molecular complexity index is 3720. The lowest BCUT2D eigenvalue weighted by molar-refractivity contribution is 0.770. The molecule has 0 radical (unpaired) electrons. The highest BCUT2D eigenvalue weighted by molar-refractivity contribution is 7.26. The summed E-state index contributed by atoms with van der Waals surface area (Å²) >= 11 is 1.88. The number of anilines is 3. The van der Waals surface area contributed by atoms with E-state index in [0.29, 0.717) is 0 Å². The number of benzene rings is 11. The first-order valence-electron chi connectivity index (χ1n) is 22.4. The average Bonchev–Trinajstić information content (AvgIpc) is 3.91. The molecule has 1 aliphatic rings. The Morgan fingerprint density at radius 3 is 1.58 bits per heavy atom. The Hall–Kier alpha value is -8.04. The van der Waals surface area contributed by atoms with Crippen molar-refractivity contribution in [3.63, 3.8) is 0 Å². The van der Waals surface area contributed by atoms with Gasteiger partial charge in [-0.3, -0.25) is 0 Å². The fourth-order valence-corrected chi connectivity index (χ4v) is 12.0. The molecule has 0 bridgehead atoms. The van der Waals surface area contributed by atoms with E-state index in [4.69, 9.17) is 0 Å². The van der Waals surface area contributed by atoms with Gasteiger partial charge >= 0.3 is 0 Å². The molecule has 0 amide bonds. The van der Waals surface area contributed by atoms with Crippen LogP contribution in [0.1, 0.15) is 22.3 Å². The van der Waals surface area contributed by atoms with Crippen LogP contribution in [0.5, 0.6) is 0 Å². The zero-order chi connectivity index (χ0) is 42.9. The Labute approximate surface area is 382 Å². The van der Waals surface area contributed by atoms with Crippen molar-refractivity contribution in [2.75, 3.05) is 4.90 Å². The number of fused-ring (bicyclic) bond motifs is 8. The highest BCUT2D eigenvalue weighted by Crippen LogP contribution is 2.56. The summed E-state index contributed by atoms with van der Waals surface area (Å²) in [7, 11) is 0. The molecular weight excluding hydrogens is 803 g/mol. The summed E-state index contributed by atoms with van der Waals surface area (Å²) in [5, 5.41) is 7.55. The quantitative estimate of drug-likeness (QED) is 0.154. The van der Waals surface area contributed by atoms with E-state index in [2.05, 4.69) is 254 Å². The van der Waals surface area contributed by atoms with Gasteiger partial charge < -0.3 is 4.90 Å². The van der Waals surface area contributed by atoms with Gasteiger partial charge in [-0.05, 0) is 126 Å². The lowest BCUT2D eigenvalue weighted by Crippen LogP contribution is -2.28. The summed E-state index contributed by atoms with van der Waals surface area (Å²) in [6.45, 7) is 0. The lowest BCUT2D eigenvalue weighted by Gasteiger charge is -2.34. The molecule has 304 valence electrons. The maximum absolute atomic E-state index is 2.43. The van der Waals surface area contributed by atoms with E-state index in [0.717, 1.165) is 17.1 Å². The van der Waals surface area contributed by atoms with Crippen molar-refractivity contribution in [1.82, 2.24) is 0 Å². The number of thiophene rings is 1. The fourth-order valence-electron chi connectivity index (χ4n) is 10.8. The molecule has 11 aromatic carbocycles. The molecule has 0 spiro atoms. The van der Waals surface area contributed by atoms with Crippen molar-refractivity contribution in [2.45, 2.75) is 5.41 Å². The minimum atomic E-state index is -0.443. The summed E-state index contributed by atoms with van der Waals surface area (Å²) in [6.07, 6.45) is 0. The largest absolute Gasteiger partial charge is 0.310 e. The first-order chi connectivity index (χ1) is 32.2. The van der Waals surface area contributed by atoms with Crippen LogP contribution in [0, 0.1) is 0 Å². The summed E-state index contributed by atoms with van der Waals surface area (Å²) in [5.41, 5.74) is 15.6. The minimum absolute atomic E-state index is 0.443. The van der Waals surface area contributed by atoms with Gasteiger partial charge in [0.1, 0.15) is 0 Å². The van der Waals surface area contributed by atoms with Crippen LogP contribution in [-0.2, 0) is 5.41 Å². The summed E-state index contributed by atoms with van der Waals surface area (Å²) in [6, 6.07) is 92.0. The van der Waals surface area contributed by atoms with Gasteiger partial charge in [0, 0.05) is 37.2 Å². The van der Waals surface area contributed by atoms with Crippen molar-refractivity contribution in [1.29, 1.82) is 0 Å². The maximum atomic E-state index is 2.43. The first kappa shape index (κ1) is 37.5. The number of hydrogen-bond acceptors (Lipinski definition) is 2.